The van der Waals surface area contributed by atoms with Crippen LogP contribution in [0.1, 0.15) is 31.2 Å². The average molecular weight is 189 g/mol. The van der Waals surface area contributed by atoms with Crippen molar-refractivity contribution in [3.8, 4) is 0 Å². The molecule has 1 aliphatic rings. The fourth-order valence-electron chi connectivity index (χ4n) is 2.07. The highest BCUT2D eigenvalue weighted by Gasteiger charge is 2.21. The Morgan fingerprint density at radius 1 is 1.29 bits per heavy atom. The Morgan fingerprint density at radius 3 is 2.79 bits per heavy atom. The van der Waals surface area contributed by atoms with E-state index < -0.39 is 0 Å². The number of Topliss-reactive ketones (excluding diaryl/α,β-unsaturated/α-hetero) is 1. The molecule has 1 aromatic heterocycles. The van der Waals surface area contributed by atoms with Gasteiger partial charge in [0, 0.05) is 24.7 Å². The van der Waals surface area contributed by atoms with E-state index in [2.05, 4.69) is 4.98 Å². The summed E-state index contributed by atoms with van der Waals surface area (Å²) in [4.78, 5) is 15.6. The minimum absolute atomic E-state index is 0.270. The van der Waals surface area contributed by atoms with Gasteiger partial charge in [-0.2, -0.15) is 0 Å². The van der Waals surface area contributed by atoms with Crippen LogP contribution in [0.5, 0.6) is 0 Å². The summed E-state index contributed by atoms with van der Waals surface area (Å²) >= 11 is 0. The van der Waals surface area contributed by atoms with Crippen molar-refractivity contribution >= 4 is 5.78 Å². The lowest BCUT2D eigenvalue weighted by molar-refractivity contribution is -0.124. The van der Waals surface area contributed by atoms with Crippen LogP contribution in [0.15, 0.2) is 24.5 Å². The van der Waals surface area contributed by atoms with Crippen molar-refractivity contribution < 1.29 is 4.79 Å². The second-order valence-corrected chi connectivity index (χ2v) is 3.97. The largest absolute Gasteiger partial charge is 0.299 e. The van der Waals surface area contributed by atoms with E-state index in [1.807, 2.05) is 12.1 Å². The van der Waals surface area contributed by atoms with Gasteiger partial charge in [-0.15, -0.1) is 0 Å². The molecular weight excluding hydrogens is 174 g/mol. The lowest BCUT2D eigenvalue weighted by Crippen LogP contribution is -2.20. The molecule has 2 heteroatoms. The van der Waals surface area contributed by atoms with Crippen LogP contribution in [-0.2, 0) is 11.2 Å². The van der Waals surface area contributed by atoms with Crippen molar-refractivity contribution in [2.75, 3.05) is 0 Å². The zero-order chi connectivity index (χ0) is 9.80. The Bertz CT molecular complexity index is 307. The molecule has 14 heavy (non-hydrogen) atoms. The number of pyridine rings is 1. The number of ketones is 1. The van der Waals surface area contributed by atoms with Gasteiger partial charge < -0.3 is 0 Å². The summed E-state index contributed by atoms with van der Waals surface area (Å²) < 4.78 is 0. The molecule has 0 radical (unpaired) electrons. The van der Waals surface area contributed by atoms with Crippen molar-refractivity contribution in [2.45, 2.75) is 32.1 Å². The number of hydrogen-bond donors (Lipinski definition) is 0. The van der Waals surface area contributed by atoms with Crippen LogP contribution in [-0.4, -0.2) is 10.8 Å². The van der Waals surface area contributed by atoms with Crippen molar-refractivity contribution in [3.63, 3.8) is 0 Å². The zero-order valence-corrected chi connectivity index (χ0v) is 8.28. The molecule has 1 unspecified atom stereocenters. The van der Waals surface area contributed by atoms with Gasteiger partial charge in [-0.05, 0) is 37.0 Å². The van der Waals surface area contributed by atoms with E-state index in [1.54, 1.807) is 12.4 Å². The molecule has 74 valence electrons. The first-order chi connectivity index (χ1) is 6.86. The van der Waals surface area contributed by atoms with Crippen molar-refractivity contribution in [1.29, 1.82) is 0 Å². The van der Waals surface area contributed by atoms with Crippen LogP contribution in [0.25, 0.3) is 0 Å². The molecule has 1 saturated carbocycles. The minimum atomic E-state index is 0.270. The maximum atomic E-state index is 11.6. The third-order valence-electron chi connectivity index (χ3n) is 2.91. The summed E-state index contributed by atoms with van der Waals surface area (Å²) in [6.45, 7) is 0. The average Bonchev–Trinajstić information content (AvgIpc) is 2.23. The van der Waals surface area contributed by atoms with Gasteiger partial charge in [-0.3, -0.25) is 9.78 Å². The van der Waals surface area contributed by atoms with E-state index in [4.69, 9.17) is 0 Å². The van der Waals surface area contributed by atoms with Gasteiger partial charge in [0.25, 0.3) is 0 Å². The summed E-state index contributed by atoms with van der Waals surface area (Å²) in [5.41, 5.74) is 1.24. The lowest BCUT2D eigenvalue weighted by atomic mass is 9.84. The number of hydrogen-bond acceptors (Lipinski definition) is 2. The van der Waals surface area contributed by atoms with Crippen LogP contribution in [0.4, 0.5) is 0 Å². The van der Waals surface area contributed by atoms with E-state index in [-0.39, 0.29) is 5.92 Å². The SMILES string of the molecule is O=C1CCCCC1Cc1ccncc1. The van der Waals surface area contributed by atoms with Gasteiger partial charge in [0.15, 0.2) is 0 Å². The Balaban J connectivity index is 2.00. The molecular formula is C12H15NO. The normalized spacial score (nSPS) is 22.3. The molecule has 1 atom stereocenters. The number of rotatable bonds is 2. The Hall–Kier alpha value is -1.18. The molecule has 0 saturated heterocycles. The first-order valence-electron chi connectivity index (χ1n) is 5.28. The quantitative estimate of drug-likeness (QED) is 0.715. The Morgan fingerprint density at radius 2 is 2.07 bits per heavy atom. The van der Waals surface area contributed by atoms with E-state index in [9.17, 15) is 4.79 Å². The summed E-state index contributed by atoms with van der Waals surface area (Å²) in [6, 6.07) is 4.00. The first kappa shape index (κ1) is 9.38. The molecule has 0 aromatic carbocycles. The van der Waals surface area contributed by atoms with E-state index in [1.165, 1.54) is 12.0 Å². The van der Waals surface area contributed by atoms with E-state index >= 15 is 0 Å². The van der Waals surface area contributed by atoms with Gasteiger partial charge in [-0.1, -0.05) is 6.42 Å². The molecule has 0 N–H and O–H groups in total. The molecule has 1 heterocycles. The Kier molecular flexibility index (Phi) is 2.92. The standard InChI is InChI=1S/C12H15NO/c14-12-4-2-1-3-11(12)9-10-5-7-13-8-6-10/h5-8,11H,1-4,9H2. The predicted octanol–water partition coefficient (Wildman–Crippen LogP) is 2.38. The van der Waals surface area contributed by atoms with Gasteiger partial charge in [0.05, 0.1) is 0 Å². The molecule has 0 bridgehead atoms. The minimum Gasteiger partial charge on any atom is -0.299 e. The zero-order valence-electron chi connectivity index (χ0n) is 8.28. The highest BCUT2D eigenvalue weighted by atomic mass is 16.1. The molecule has 1 aromatic rings. The predicted molar refractivity (Wildman–Crippen MR) is 54.9 cm³/mol. The topological polar surface area (TPSA) is 30.0 Å². The number of carbonyl (C=O) groups excluding carboxylic acids is 1. The van der Waals surface area contributed by atoms with Crippen molar-refractivity contribution in [2.24, 2.45) is 5.92 Å². The van der Waals surface area contributed by atoms with E-state index in [0.717, 1.165) is 25.7 Å². The van der Waals surface area contributed by atoms with Crippen LogP contribution >= 0.6 is 0 Å². The monoisotopic (exact) mass is 189 g/mol. The van der Waals surface area contributed by atoms with Crippen molar-refractivity contribution in [3.05, 3.63) is 30.1 Å². The number of nitrogens with zero attached hydrogens (tertiary/aromatic N) is 1. The summed E-state index contributed by atoms with van der Waals surface area (Å²) in [7, 11) is 0. The molecule has 1 aliphatic carbocycles. The summed E-state index contributed by atoms with van der Waals surface area (Å²) in [5.74, 6) is 0.721. The Labute approximate surface area is 84.4 Å². The second-order valence-electron chi connectivity index (χ2n) is 3.97. The van der Waals surface area contributed by atoms with Crippen LogP contribution in [0.2, 0.25) is 0 Å². The maximum Gasteiger partial charge on any atom is 0.136 e. The molecule has 2 nitrogen and oxygen atoms in total. The summed E-state index contributed by atoms with van der Waals surface area (Å²) in [6.07, 6.45) is 8.65. The van der Waals surface area contributed by atoms with Crippen molar-refractivity contribution in [1.82, 2.24) is 4.98 Å². The number of aromatic nitrogens is 1. The van der Waals surface area contributed by atoms with Crippen LogP contribution < -0.4 is 0 Å². The molecule has 0 amide bonds. The first-order valence-corrected chi connectivity index (χ1v) is 5.28. The third kappa shape index (κ3) is 2.19. The van der Waals surface area contributed by atoms with Gasteiger partial charge in [0.1, 0.15) is 5.78 Å². The fraction of sp³-hybridized carbons (Fsp3) is 0.500. The summed E-state index contributed by atoms with van der Waals surface area (Å²) in [5, 5.41) is 0. The maximum absolute atomic E-state index is 11.6. The molecule has 0 aliphatic heterocycles. The van der Waals surface area contributed by atoms with Crippen LogP contribution in [0.3, 0.4) is 0 Å². The highest BCUT2D eigenvalue weighted by molar-refractivity contribution is 5.81. The van der Waals surface area contributed by atoms with Gasteiger partial charge in [-0.25, -0.2) is 0 Å². The van der Waals surface area contributed by atoms with E-state index in [0.29, 0.717) is 5.78 Å². The lowest BCUT2D eigenvalue weighted by Gasteiger charge is -2.20. The highest BCUT2D eigenvalue weighted by Crippen LogP contribution is 2.23. The fourth-order valence-corrected chi connectivity index (χ4v) is 2.07. The van der Waals surface area contributed by atoms with Gasteiger partial charge in [0.2, 0.25) is 0 Å². The second kappa shape index (κ2) is 4.36. The smallest absolute Gasteiger partial charge is 0.136 e. The number of carbonyl (C=O) groups is 1. The van der Waals surface area contributed by atoms with Gasteiger partial charge >= 0.3 is 0 Å². The molecule has 1 fully saturated rings. The molecule has 0 spiro atoms. The third-order valence-corrected chi connectivity index (χ3v) is 2.91. The van der Waals surface area contributed by atoms with Crippen LogP contribution in [0, 0.1) is 5.92 Å². The molecule has 2 rings (SSSR count).